The molecule has 0 saturated heterocycles. The van der Waals surface area contributed by atoms with E-state index in [0.29, 0.717) is 4.68 Å². The number of carbonyl (C=O) groups is 1. The second kappa shape index (κ2) is 9.64. The topological polar surface area (TPSA) is 102 Å². The van der Waals surface area contributed by atoms with Crippen LogP contribution in [0, 0.1) is 5.41 Å². The van der Waals surface area contributed by atoms with Gasteiger partial charge in [0.05, 0.1) is 18.9 Å². The average Bonchev–Trinajstić information content (AvgIpc) is 3.21. The van der Waals surface area contributed by atoms with E-state index in [2.05, 4.69) is 24.9 Å². The number of halogens is 8. The first-order valence-corrected chi connectivity index (χ1v) is 8.82. The van der Waals surface area contributed by atoms with Crippen molar-refractivity contribution >= 4 is 29.1 Å². The molecular weight excluding hydrogens is 491 g/mol. The highest BCUT2D eigenvalue weighted by molar-refractivity contribution is 6.32. The number of hydrogen-bond donors (Lipinski definition) is 2. The smallest absolute Gasteiger partial charge is 0.459 e. The van der Waals surface area contributed by atoms with Crippen molar-refractivity contribution in [3.05, 3.63) is 41.1 Å². The van der Waals surface area contributed by atoms with Crippen LogP contribution in [0.15, 0.2) is 30.4 Å². The fourth-order valence-electron chi connectivity index (χ4n) is 2.39. The van der Waals surface area contributed by atoms with Crippen LogP contribution in [0.1, 0.15) is 10.4 Å². The molecule has 0 aromatic carbocycles. The minimum Gasteiger partial charge on any atom is -0.465 e. The van der Waals surface area contributed by atoms with Gasteiger partial charge in [-0.15, -0.1) is 0 Å². The number of carbonyl (C=O) groups excluding carboxylic acids is 1. The lowest BCUT2D eigenvalue weighted by atomic mass is 10.1. The first-order chi connectivity index (χ1) is 15.2. The van der Waals surface area contributed by atoms with Crippen LogP contribution in [0.4, 0.5) is 30.7 Å². The summed E-state index contributed by atoms with van der Waals surface area (Å²) in [4.78, 5) is 15.5. The van der Waals surface area contributed by atoms with Crippen molar-refractivity contribution in [1.29, 1.82) is 5.41 Å². The molecule has 0 radical (unpaired) electrons. The number of aromatic nitrogens is 3. The Bertz CT molecular complexity index is 1090. The highest BCUT2D eigenvalue weighted by Crippen LogP contribution is 2.39. The fraction of sp³-hybridized carbons (Fsp3) is 0.294. The van der Waals surface area contributed by atoms with Gasteiger partial charge in [0, 0.05) is 30.6 Å². The van der Waals surface area contributed by atoms with E-state index < -0.39 is 42.0 Å². The summed E-state index contributed by atoms with van der Waals surface area (Å²) in [6.07, 6.45) is -3.02. The first kappa shape index (κ1) is 25.9. The molecule has 0 atom stereocenters. The normalized spacial score (nSPS) is 12.9. The average molecular weight is 504 g/mol. The summed E-state index contributed by atoms with van der Waals surface area (Å²) >= 11 is 5.82. The maximum Gasteiger partial charge on any atom is 0.459 e. The lowest BCUT2D eigenvalue weighted by Gasteiger charge is -2.23. The van der Waals surface area contributed by atoms with Gasteiger partial charge in [0.2, 0.25) is 0 Å². The summed E-state index contributed by atoms with van der Waals surface area (Å²) in [5.41, 5.74) is -2.43. The van der Waals surface area contributed by atoms with Gasteiger partial charge in [0.1, 0.15) is 5.15 Å². The van der Waals surface area contributed by atoms with E-state index in [9.17, 15) is 35.5 Å². The lowest BCUT2D eigenvalue weighted by Crippen LogP contribution is -2.45. The van der Waals surface area contributed by atoms with Crippen molar-refractivity contribution in [3.63, 3.8) is 0 Å². The van der Waals surface area contributed by atoms with Gasteiger partial charge in [-0.25, -0.2) is 14.5 Å². The molecule has 2 heterocycles. The number of ether oxygens (including phenoxy) is 2. The summed E-state index contributed by atoms with van der Waals surface area (Å²) in [6.45, 7) is -3.84. The Balaban J connectivity index is 2.61. The Hall–Kier alpha value is -3.36. The lowest BCUT2D eigenvalue weighted by molar-refractivity contribution is -0.250. The van der Waals surface area contributed by atoms with Crippen molar-refractivity contribution in [2.75, 3.05) is 14.2 Å². The number of methoxy groups -OCH3 is 1. The molecule has 180 valence electrons. The van der Waals surface area contributed by atoms with Gasteiger partial charge in [0.25, 0.3) is 0 Å². The molecule has 16 heteroatoms. The van der Waals surface area contributed by atoms with Crippen LogP contribution in [-0.2, 0) is 9.47 Å². The number of pyridine rings is 1. The zero-order valence-corrected chi connectivity index (χ0v) is 17.2. The molecule has 2 aromatic heterocycles. The summed E-state index contributed by atoms with van der Waals surface area (Å²) in [6, 6.07) is 1.22. The van der Waals surface area contributed by atoms with Gasteiger partial charge in [-0.05, 0) is 6.07 Å². The molecule has 0 amide bonds. The van der Waals surface area contributed by atoms with Gasteiger partial charge in [-0.1, -0.05) is 11.6 Å². The zero-order valence-electron chi connectivity index (χ0n) is 16.5. The number of nitrogens with zero attached hydrogens (tertiary/aromatic N) is 3. The van der Waals surface area contributed by atoms with Crippen molar-refractivity contribution < 1.29 is 45.0 Å². The van der Waals surface area contributed by atoms with E-state index in [4.69, 9.17) is 17.0 Å². The van der Waals surface area contributed by atoms with E-state index in [1.165, 1.54) is 12.3 Å². The van der Waals surface area contributed by atoms with Crippen LogP contribution < -0.4 is 5.32 Å². The van der Waals surface area contributed by atoms with E-state index in [0.717, 1.165) is 26.6 Å². The molecule has 33 heavy (non-hydrogen) atoms. The quantitative estimate of drug-likeness (QED) is 0.184. The van der Waals surface area contributed by atoms with Crippen LogP contribution >= 0.6 is 11.6 Å². The Labute approximate surface area is 185 Å². The van der Waals surface area contributed by atoms with E-state index in [1.807, 2.05) is 0 Å². The fourth-order valence-corrected chi connectivity index (χ4v) is 2.57. The molecule has 8 nitrogen and oxygen atoms in total. The zero-order chi connectivity index (χ0) is 25.1. The van der Waals surface area contributed by atoms with Gasteiger partial charge >= 0.3 is 24.7 Å². The van der Waals surface area contributed by atoms with Gasteiger partial charge in [-0.2, -0.15) is 35.8 Å². The third-order valence-corrected chi connectivity index (χ3v) is 4.25. The van der Waals surface area contributed by atoms with E-state index in [-0.39, 0.29) is 21.8 Å². The third-order valence-electron chi connectivity index (χ3n) is 3.95. The second-order valence-corrected chi connectivity index (χ2v) is 6.34. The Morgan fingerprint density at radius 1 is 1.21 bits per heavy atom. The minimum atomic E-state index is -6.26. The predicted molar refractivity (Wildman–Crippen MR) is 99.9 cm³/mol. The van der Waals surface area contributed by atoms with Gasteiger partial charge in [0.15, 0.2) is 17.3 Å². The second-order valence-electron chi connectivity index (χ2n) is 5.98. The molecule has 0 unspecified atom stereocenters. The Morgan fingerprint density at radius 3 is 2.36 bits per heavy atom. The van der Waals surface area contributed by atoms with Crippen LogP contribution in [-0.4, -0.2) is 59.3 Å². The molecule has 0 fully saturated rings. The summed E-state index contributed by atoms with van der Waals surface area (Å²) in [7, 11) is 2.08. The molecule has 0 bridgehead atoms. The highest BCUT2D eigenvalue weighted by Gasteiger charge is 2.62. The van der Waals surface area contributed by atoms with Crippen LogP contribution in [0.5, 0.6) is 0 Å². The van der Waals surface area contributed by atoms with Gasteiger partial charge in [-0.3, -0.25) is 5.41 Å². The van der Waals surface area contributed by atoms with Crippen LogP contribution in [0.25, 0.3) is 16.9 Å². The van der Waals surface area contributed by atoms with E-state index in [1.54, 1.807) is 0 Å². The SMILES string of the molecule is CN/C(=C(/OC(F)F)C(=N)C(F)(F)C(F)(F)F)n1cc(-c2cnc(Cl)c(C(=O)OC)c2)cn1. The Morgan fingerprint density at radius 2 is 1.85 bits per heavy atom. The molecule has 2 aromatic rings. The largest absolute Gasteiger partial charge is 0.465 e. The molecule has 0 spiro atoms. The summed E-state index contributed by atoms with van der Waals surface area (Å²) in [5.74, 6) is -9.38. The number of alkyl halides is 7. The molecule has 0 saturated carbocycles. The number of hydrogen-bond acceptors (Lipinski definition) is 7. The Kier molecular flexibility index (Phi) is 7.57. The number of rotatable bonds is 8. The molecule has 0 aliphatic heterocycles. The molecule has 0 aliphatic carbocycles. The predicted octanol–water partition coefficient (Wildman–Crippen LogP) is 4.19. The van der Waals surface area contributed by atoms with Crippen LogP contribution in [0.3, 0.4) is 0 Å². The van der Waals surface area contributed by atoms with Crippen molar-refractivity contribution in [2.45, 2.75) is 18.7 Å². The number of allylic oxidation sites excluding steroid dienone is 1. The third kappa shape index (κ3) is 5.35. The molecule has 2 N–H and O–H groups in total. The monoisotopic (exact) mass is 503 g/mol. The number of nitrogens with one attached hydrogen (secondary N) is 2. The summed E-state index contributed by atoms with van der Waals surface area (Å²) < 4.78 is 100.0. The minimum absolute atomic E-state index is 0.113. The van der Waals surface area contributed by atoms with Crippen LogP contribution in [0.2, 0.25) is 5.15 Å². The first-order valence-electron chi connectivity index (χ1n) is 8.44. The van der Waals surface area contributed by atoms with Gasteiger partial charge < -0.3 is 14.8 Å². The molecular formula is C17H13ClF7N5O3. The standard InChI is InChI=1S/C17H13ClF7N5O3/c1-27-13(10(33-15(19)20)11(26)16(21,22)17(23,24)25)30-6-8(5-29-30)7-3-9(14(31)32-2)12(18)28-4-7/h3-6,15,26-27H,1-2H3/b13-10-,26-11?. The maximum atomic E-state index is 13.7. The molecule has 0 aliphatic rings. The van der Waals surface area contributed by atoms with Crippen molar-refractivity contribution in [2.24, 2.45) is 0 Å². The summed E-state index contributed by atoms with van der Waals surface area (Å²) in [5, 5.41) is 12.8. The van der Waals surface area contributed by atoms with Crippen molar-refractivity contribution in [3.8, 4) is 11.1 Å². The highest BCUT2D eigenvalue weighted by atomic mass is 35.5. The maximum absolute atomic E-state index is 13.7. The number of esters is 1. The van der Waals surface area contributed by atoms with E-state index >= 15 is 0 Å². The van der Waals surface area contributed by atoms with Crippen molar-refractivity contribution in [1.82, 2.24) is 20.1 Å². The molecule has 2 rings (SSSR count).